The number of aromatic amines is 1. The first-order valence-corrected chi connectivity index (χ1v) is 7.30. The summed E-state index contributed by atoms with van der Waals surface area (Å²) < 4.78 is 0. The van der Waals surface area contributed by atoms with E-state index >= 15 is 0 Å². The van der Waals surface area contributed by atoms with Crippen molar-refractivity contribution in [1.29, 1.82) is 0 Å². The largest absolute Gasteiger partial charge is 0.391 e. The third-order valence-electron chi connectivity index (χ3n) is 5.02. The summed E-state index contributed by atoms with van der Waals surface area (Å²) in [5.74, 6) is 0.528. The van der Waals surface area contributed by atoms with Gasteiger partial charge in [-0.2, -0.15) is 0 Å². The maximum atomic E-state index is 10.5. The van der Waals surface area contributed by atoms with Gasteiger partial charge in [-0.3, -0.25) is 4.90 Å². The molecule has 0 unspecified atom stereocenters. The summed E-state index contributed by atoms with van der Waals surface area (Å²) in [7, 11) is 0. The van der Waals surface area contributed by atoms with Crippen molar-refractivity contribution in [3.05, 3.63) is 36.0 Å². The Bertz CT molecular complexity index is 581. The molecule has 2 bridgehead atoms. The molecule has 2 atom stereocenters. The zero-order chi connectivity index (χ0) is 12.8. The molecule has 1 aromatic heterocycles. The Hall–Kier alpha value is -1.32. The van der Waals surface area contributed by atoms with Gasteiger partial charge in [0.25, 0.3) is 0 Å². The van der Waals surface area contributed by atoms with E-state index in [9.17, 15) is 5.11 Å². The van der Waals surface area contributed by atoms with Crippen LogP contribution in [0.15, 0.2) is 30.5 Å². The second kappa shape index (κ2) is 4.36. The topological polar surface area (TPSA) is 39.3 Å². The molecular weight excluding hydrogens is 236 g/mol. The number of aromatic nitrogens is 1. The monoisotopic (exact) mass is 256 g/mol. The molecule has 100 valence electrons. The van der Waals surface area contributed by atoms with E-state index in [1.807, 2.05) is 0 Å². The molecule has 0 saturated carbocycles. The highest BCUT2D eigenvalue weighted by Crippen LogP contribution is 2.34. The van der Waals surface area contributed by atoms with Gasteiger partial charge in [0, 0.05) is 23.1 Å². The summed E-state index contributed by atoms with van der Waals surface area (Å²) in [5, 5.41) is 11.8. The summed E-state index contributed by atoms with van der Waals surface area (Å²) in [4.78, 5) is 5.82. The van der Waals surface area contributed by atoms with Gasteiger partial charge in [0.1, 0.15) is 0 Å². The Morgan fingerprint density at radius 3 is 2.79 bits per heavy atom. The molecule has 3 nitrogen and oxygen atoms in total. The second-order valence-corrected chi connectivity index (χ2v) is 5.99. The number of aliphatic hydroxyl groups excluding tert-OH is 1. The van der Waals surface area contributed by atoms with Crippen molar-refractivity contribution in [2.75, 3.05) is 13.1 Å². The van der Waals surface area contributed by atoms with Crippen LogP contribution in [-0.4, -0.2) is 40.2 Å². The fraction of sp³-hybridized carbons (Fsp3) is 0.500. The lowest BCUT2D eigenvalue weighted by Gasteiger charge is -2.49. The smallest absolute Gasteiger partial charge is 0.0727 e. The van der Waals surface area contributed by atoms with Crippen LogP contribution in [0.1, 0.15) is 18.4 Å². The van der Waals surface area contributed by atoms with Crippen LogP contribution < -0.4 is 0 Å². The van der Waals surface area contributed by atoms with Crippen molar-refractivity contribution >= 4 is 10.9 Å². The Balaban J connectivity index is 1.64. The van der Waals surface area contributed by atoms with E-state index in [1.165, 1.54) is 29.3 Å². The fourth-order valence-electron chi connectivity index (χ4n) is 3.90. The molecule has 3 heteroatoms. The van der Waals surface area contributed by atoms with Crippen molar-refractivity contribution in [2.45, 2.75) is 31.4 Å². The number of benzene rings is 1. The molecule has 4 heterocycles. The number of piperidine rings is 3. The predicted octanol–water partition coefficient (Wildman–Crippen LogP) is 2.17. The Kier molecular flexibility index (Phi) is 2.64. The van der Waals surface area contributed by atoms with Crippen molar-refractivity contribution in [3.63, 3.8) is 0 Å². The van der Waals surface area contributed by atoms with Crippen molar-refractivity contribution in [3.8, 4) is 0 Å². The van der Waals surface area contributed by atoms with E-state index in [0.717, 1.165) is 19.5 Å². The highest BCUT2D eigenvalue weighted by Gasteiger charge is 2.41. The van der Waals surface area contributed by atoms with E-state index in [1.54, 1.807) is 0 Å². The van der Waals surface area contributed by atoms with Gasteiger partial charge in [0.15, 0.2) is 0 Å². The quantitative estimate of drug-likeness (QED) is 0.864. The van der Waals surface area contributed by atoms with Crippen LogP contribution in [0.2, 0.25) is 0 Å². The van der Waals surface area contributed by atoms with E-state index in [0.29, 0.717) is 12.0 Å². The normalized spacial score (nSPS) is 33.9. The molecule has 0 aliphatic carbocycles. The molecule has 3 aliphatic heterocycles. The average molecular weight is 256 g/mol. The third kappa shape index (κ3) is 1.80. The SMILES string of the molecule is O[C@H]1C2CCN(CC2)[C@H]1Cc1c[nH]c2ccccc12. The molecular formula is C16H20N2O. The number of rotatable bonds is 2. The molecule has 19 heavy (non-hydrogen) atoms. The maximum Gasteiger partial charge on any atom is 0.0727 e. The molecule has 0 radical (unpaired) electrons. The van der Waals surface area contributed by atoms with E-state index < -0.39 is 0 Å². The summed E-state index contributed by atoms with van der Waals surface area (Å²) in [5.41, 5.74) is 2.54. The highest BCUT2D eigenvalue weighted by molar-refractivity contribution is 5.83. The number of H-pyrrole nitrogens is 1. The van der Waals surface area contributed by atoms with Gasteiger partial charge in [0.05, 0.1) is 6.10 Å². The van der Waals surface area contributed by atoms with Crippen LogP contribution in [-0.2, 0) is 6.42 Å². The van der Waals surface area contributed by atoms with E-state index in [4.69, 9.17) is 0 Å². The van der Waals surface area contributed by atoms with Gasteiger partial charge in [0.2, 0.25) is 0 Å². The lowest BCUT2D eigenvalue weighted by molar-refractivity contribution is -0.0714. The zero-order valence-electron chi connectivity index (χ0n) is 11.0. The average Bonchev–Trinajstić information content (AvgIpc) is 2.87. The Morgan fingerprint density at radius 2 is 2.00 bits per heavy atom. The van der Waals surface area contributed by atoms with Gasteiger partial charge < -0.3 is 10.1 Å². The number of hydrogen-bond acceptors (Lipinski definition) is 2. The molecule has 1 aromatic carbocycles. The van der Waals surface area contributed by atoms with Gasteiger partial charge in [-0.05, 0) is 49.9 Å². The van der Waals surface area contributed by atoms with Crippen LogP contribution in [0.25, 0.3) is 10.9 Å². The minimum absolute atomic E-state index is 0.142. The van der Waals surface area contributed by atoms with Crippen LogP contribution >= 0.6 is 0 Å². The molecule has 2 aromatic rings. The van der Waals surface area contributed by atoms with Crippen LogP contribution in [0, 0.1) is 5.92 Å². The summed E-state index contributed by atoms with van der Waals surface area (Å²) in [6, 6.07) is 8.74. The minimum Gasteiger partial charge on any atom is -0.391 e. The molecule has 3 saturated heterocycles. The number of hydrogen-bond donors (Lipinski definition) is 2. The lowest BCUT2D eigenvalue weighted by atomic mass is 9.78. The number of nitrogens with zero attached hydrogens (tertiary/aromatic N) is 1. The molecule has 3 fully saturated rings. The van der Waals surface area contributed by atoms with Gasteiger partial charge in [-0.15, -0.1) is 0 Å². The number of aliphatic hydroxyl groups is 1. The highest BCUT2D eigenvalue weighted by atomic mass is 16.3. The maximum absolute atomic E-state index is 10.5. The van der Waals surface area contributed by atoms with Crippen LogP contribution in [0.4, 0.5) is 0 Å². The third-order valence-corrected chi connectivity index (χ3v) is 5.02. The van der Waals surface area contributed by atoms with Gasteiger partial charge in [-0.25, -0.2) is 0 Å². The van der Waals surface area contributed by atoms with Crippen LogP contribution in [0.3, 0.4) is 0 Å². The van der Waals surface area contributed by atoms with Gasteiger partial charge in [-0.1, -0.05) is 18.2 Å². The first kappa shape index (κ1) is 11.5. The number of nitrogens with one attached hydrogen (secondary N) is 1. The van der Waals surface area contributed by atoms with Crippen LogP contribution in [0.5, 0.6) is 0 Å². The second-order valence-electron chi connectivity index (χ2n) is 5.99. The predicted molar refractivity (Wildman–Crippen MR) is 76.1 cm³/mol. The van der Waals surface area contributed by atoms with E-state index in [-0.39, 0.29) is 6.10 Å². The standard InChI is InChI=1S/C16H20N2O/c19-16-11-5-7-18(8-6-11)15(16)9-12-10-17-14-4-2-1-3-13(12)14/h1-4,10-11,15-17,19H,5-9H2/t15-,16-/m0/s1. The summed E-state index contributed by atoms with van der Waals surface area (Å²) >= 11 is 0. The molecule has 3 aliphatic rings. The first-order valence-electron chi connectivity index (χ1n) is 7.30. The molecule has 0 amide bonds. The van der Waals surface area contributed by atoms with Crippen molar-refractivity contribution in [2.24, 2.45) is 5.92 Å². The fourth-order valence-corrected chi connectivity index (χ4v) is 3.90. The minimum atomic E-state index is -0.142. The molecule has 2 N–H and O–H groups in total. The van der Waals surface area contributed by atoms with Gasteiger partial charge >= 0.3 is 0 Å². The summed E-state index contributed by atoms with van der Waals surface area (Å²) in [6.45, 7) is 2.32. The summed E-state index contributed by atoms with van der Waals surface area (Å²) in [6.07, 6.45) is 5.27. The number of fused-ring (bicyclic) bond motifs is 4. The molecule has 5 rings (SSSR count). The molecule has 0 spiro atoms. The van der Waals surface area contributed by atoms with E-state index in [2.05, 4.69) is 40.3 Å². The lowest BCUT2D eigenvalue weighted by Crippen LogP contribution is -2.58. The Labute approximate surface area is 113 Å². The zero-order valence-corrected chi connectivity index (χ0v) is 11.0. The van der Waals surface area contributed by atoms with Crippen molar-refractivity contribution < 1.29 is 5.11 Å². The first-order chi connectivity index (χ1) is 9.33. The Morgan fingerprint density at radius 1 is 1.21 bits per heavy atom. The van der Waals surface area contributed by atoms with Crippen molar-refractivity contribution in [1.82, 2.24) is 9.88 Å². The number of para-hydroxylation sites is 1.